The predicted molar refractivity (Wildman–Crippen MR) is 61.3 cm³/mol. The standard InChI is InChI=1S/C13H15F2NO/c1-10-4-2-3-5-11(10)12(17)16-8-6-13(14,15)7-9-16/h2-5H,6-9H2,1H3. The third-order valence-corrected chi connectivity index (χ3v) is 3.16. The van der Waals surface area contributed by atoms with E-state index in [0.717, 1.165) is 5.56 Å². The maximum atomic E-state index is 13.0. The van der Waals surface area contributed by atoms with Crippen LogP contribution in [-0.2, 0) is 0 Å². The van der Waals surface area contributed by atoms with Gasteiger partial charge in [0.05, 0.1) is 0 Å². The number of halogens is 2. The molecular weight excluding hydrogens is 224 g/mol. The Labute approximate surface area is 99.2 Å². The summed E-state index contributed by atoms with van der Waals surface area (Å²) in [5, 5.41) is 0. The Morgan fingerprint density at radius 1 is 1.24 bits per heavy atom. The van der Waals surface area contributed by atoms with Crippen molar-refractivity contribution in [2.45, 2.75) is 25.7 Å². The fraction of sp³-hybridized carbons (Fsp3) is 0.462. The van der Waals surface area contributed by atoms with Gasteiger partial charge in [0.2, 0.25) is 0 Å². The van der Waals surface area contributed by atoms with Crippen LogP contribution in [0.1, 0.15) is 28.8 Å². The number of hydrogen-bond acceptors (Lipinski definition) is 1. The van der Waals surface area contributed by atoms with Crippen LogP contribution in [0, 0.1) is 6.92 Å². The minimum absolute atomic E-state index is 0.139. The summed E-state index contributed by atoms with van der Waals surface area (Å²) < 4.78 is 26.0. The molecular formula is C13H15F2NO. The zero-order valence-corrected chi connectivity index (χ0v) is 9.75. The molecule has 0 saturated carbocycles. The molecule has 0 unspecified atom stereocenters. The number of amides is 1. The molecule has 0 radical (unpaired) electrons. The van der Waals surface area contributed by atoms with Crippen molar-refractivity contribution < 1.29 is 13.6 Å². The van der Waals surface area contributed by atoms with E-state index in [4.69, 9.17) is 0 Å². The molecule has 2 nitrogen and oxygen atoms in total. The van der Waals surface area contributed by atoms with E-state index in [1.54, 1.807) is 12.1 Å². The fourth-order valence-corrected chi connectivity index (χ4v) is 2.02. The van der Waals surface area contributed by atoms with Crippen molar-refractivity contribution in [1.82, 2.24) is 4.90 Å². The van der Waals surface area contributed by atoms with Crippen molar-refractivity contribution in [3.8, 4) is 0 Å². The number of nitrogens with zero attached hydrogens (tertiary/aromatic N) is 1. The molecule has 4 heteroatoms. The van der Waals surface area contributed by atoms with Crippen molar-refractivity contribution in [1.29, 1.82) is 0 Å². The first-order valence-corrected chi connectivity index (χ1v) is 5.72. The Morgan fingerprint density at radius 2 is 1.82 bits per heavy atom. The van der Waals surface area contributed by atoms with Gasteiger partial charge in [-0.3, -0.25) is 4.79 Å². The van der Waals surface area contributed by atoms with Gasteiger partial charge in [-0.05, 0) is 18.6 Å². The molecule has 0 aromatic heterocycles. The maximum Gasteiger partial charge on any atom is 0.254 e. The Morgan fingerprint density at radius 3 is 2.41 bits per heavy atom. The van der Waals surface area contributed by atoms with Crippen LogP contribution in [-0.4, -0.2) is 29.8 Å². The lowest BCUT2D eigenvalue weighted by Crippen LogP contribution is -2.42. The van der Waals surface area contributed by atoms with Gasteiger partial charge in [0.25, 0.3) is 11.8 Å². The summed E-state index contributed by atoms with van der Waals surface area (Å²) in [6.07, 6.45) is -0.463. The van der Waals surface area contributed by atoms with E-state index >= 15 is 0 Å². The third-order valence-electron chi connectivity index (χ3n) is 3.16. The zero-order valence-electron chi connectivity index (χ0n) is 9.75. The van der Waals surface area contributed by atoms with Gasteiger partial charge in [0.15, 0.2) is 0 Å². The predicted octanol–water partition coefficient (Wildman–Crippen LogP) is 2.87. The van der Waals surface area contributed by atoms with Gasteiger partial charge in [-0.2, -0.15) is 0 Å². The van der Waals surface area contributed by atoms with Crippen LogP contribution >= 0.6 is 0 Å². The minimum Gasteiger partial charge on any atom is -0.338 e. The number of alkyl halides is 2. The number of carbonyl (C=O) groups excluding carboxylic acids is 1. The molecule has 0 atom stereocenters. The zero-order chi connectivity index (χ0) is 12.5. The van der Waals surface area contributed by atoms with E-state index in [1.807, 2.05) is 19.1 Å². The van der Waals surface area contributed by atoms with E-state index in [-0.39, 0.29) is 31.8 Å². The second-order valence-electron chi connectivity index (χ2n) is 4.46. The van der Waals surface area contributed by atoms with Crippen LogP contribution in [0.3, 0.4) is 0 Å². The van der Waals surface area contributed by atoms with Crippen LogP contribution in [0.4, 0.5) is 8.78 Å². The number of hydrogen-bond donors (Lipinski definition) is 0. The molecule has 2 rings (SSSR count). The maximum absolute atomic E-state index is 13.0. The lowest BCUT2D eigenvalue weighted by atomic mass is 10.0. The summed E-state index contributed by atoms with van der Waals surface area (Å²) in [6.45, 7) is 2.13. The van der Waals surface area contributed by atoms with Crippen molar-refractivity contribution >= 4 is 5.91 Å². The summed E-state index contributed by atoms with van der Waals surface area (Å²) in [4.78, 5) is 13.6. The average Bonchev–Trinajstić information content (AvgIpc) is 2.29. The molecule has 1 aliphatic rings. The van der Waals surface area contributed by atoms with Crippen LogP contribution in [0.25, 0.3) is 0 Å². The molecule has 1 aromatic carbocycles. The molecule has 0 spiro atoms. The smallest absolute Gasteiger partial charge is 0.254 e. The molecule has 0 bridgehead atoms. The van der Waals surface area contributed by atoms with Crippen molar-refractivity contribution in [2.24, 2.45) is 0 Å². The lowest BCUT2D eigenvalue weighted by molar-refractivity contribution is -0.0494. The topological polar surface area (TPSA) is 20.3 Å². The van der Waals surface area contributed by atoms with Gasteiger partial charge < -0.3 is 4.90 Å². The fourth-order valence-electron chi connectivity index (χ4n) is 2.02. The highest BCUT2D eigenvalue weighted by Crippen LogP contribution is 2.28. The number of carbonyl (C=O) groups is 1. The molecule has 17 heavy (non-hydrogen) atoms. The first kappa shape index (κ1) is 12.0. The average molecular weight is 239 g/mol. The molecule has 92 valence electrons. The molecule has 1 amide bonds. The van der Waals surface area contributed by atoms with E-state index in [9.17, 15) is 13.6 Å². The highest BCUT2D eigenvalue weighted by molar-refractivity contribution is 5.95. The van der Waals surface area contributed by atoms with Crippen molar-refractivity contribution in [2.75, 3.05) is 13.1 Å². The van der Waals surface area contributed by atoms with Crippen LogP contribution in [0.2, 0.25) is 0 Å². The molecule has 1 aromatic rings. The molecule has 0 N–H and O–H groups in total. The molecule has 0 aliphatic carbocycles. The Balaban J connectivity index is 2.10. The number of piperidine rings is 1. The largest absolute Gasteiger partial charge is 0.338 e. The number of aryl methyl sites for hydroxylation is 1. The number of rotatable bonds is 1. The second kappa shape index (κ2) is 4.43. The Kier molecular flexibility index (Phi) is 3.13. The summed E-state index contributed by atoms with van der Waals surface area (Å²) in [7, 11) is 0. The van der Waals surface area contributed by atoms with Gasteiger partial charge >= 0.3 is 0 Å². The van der Waals surface area contributed by atoms with Gasteiger partial charge in [-0.1, -0.05) is 18.2 Å². The van der Waals surface area contributed by atoms with Crippen molar-refractivity contribution in [3.63, 3.8) is 0 Å². The van der Waals surface area contributed by atoms with Crippen LogP contribution < -0.4 is 0 Å². The van der Waals surface area contributed by atoms with E-state index in [1.165, 1.54) is 4.90 Å². The Hall–Kier alpha value is -1.45. The first-order valence-electron chi connectivity index (χ1n) is 5.72. The lowest BCUT2D eigenvalue weighted by Gasteiger charge is -2.32. The molecule has 1 saturated heterocycles. The summed E-state index contributed by atoms with van der Waals surface area (Å²) in [6, 6.07) is 7.24. The number of benzene rings is 1. The van der Waals surface area contributed by atoms with Gasteiger partial charge in [-0.15, -0.1) is 0 Å². The normalized spacial score (nSPS) is 19.1. The van der Waals surface area contributed by atoms with Crippen LogP contribution in [0.15, 0.2) is 24.3 Å². The number of likely N-dealkylation sites (tertiary alicyclic amines) is 1. The van der Waals surface area contributed by atoms with Gasteiger partial charge in [-0.25, -0.2) is 8.78 Å². The van der Waals surface area contributed by atoms with Gasteiger partial charge in [0.1, 0.15) is 0 Å². The SMILES string of the molecule is Cc1ccccc1C(=O)N1CCC(F)(F)CC1. The molecule has 1 heterocycles. The van der Waals surface area contributed by atoms with Crippen molar-refractivity contribution in [3.05, 3.63) is 35.4 Å². The Bertz CT molecular complexity index is 421. The summed E-state index contributed by atoms with van der Waals surface area (Å²) in [5.41, 5.74) is 1.49. The minimum atomic E-state index is -2.61. The quantitative estimate of drug-likeness (QED) is 0.738. The van der Waals surface area contributed by atoms with Crippen LogP contribution in [0.5, 0.6) is 0 Å². The highest BCUT2D eigenvalue weighted by atomic mass is 19.3. The van der Waals surface area contributed by atoms with Gasteiger partial charge in [0, 0.05) is 31.5 Å². The molecule has 1 fully saturated rings. The van der Waals surface area contributed by atoms with E-state index < -0.39 is 5.92 Å². The summed E-state index contributed by atoms with van der Waals surface area (Å²) >= 11 is 0. The highest BCUT2D eigenvalue weighted by Gasteiger charge is 2.35. The molecule has 1 aliphatic heterocycles. The van der Waals surface area contributed by atoms with E-state index in [2.05, 4.69) is 0 Å². The second-order valence-corrected chi connectivity index (χ2v) is 4.46. The summed E-state index contributed by atoms with van der Waals surface area (Å²) in [5.74, 6) is -2.75. The first-order chi connectivity index (χ1) is 7.99. The third kappa shape index (κ3) is 2.62. The van der Waals surface area contributed by atoms with E-state index in [0.29, 0.717) is 5.56 Å². The monoisotopic (exact) mass is 239 g/mol.